The van der Waals surface area contributed by atoms with E-state index >= 15 is 0 Å². The zero-order chi connectivity index (χ0) is 13.9. The molecule has 1 saturated carbocycles. The quantitative estimate of drug-likeness (QED) is 0.608. The summed E-state index contributed by atoms with van der Waals surface area (Å²) in [5.41, 5.74) is 0. The van der Waals surface area contributed by atoms with Gasteiger partial charge in [0.15, 0.2) is 0 Å². The highest BCUT2D eigenvalue weighted by Gasteiger charge is 2.26. The van der Waals surface area contributed by atoms with E-state index in [1.165, 1.54) is 6.42 Å². The van der Waals surface area contributed by atoms with E-state index in [0.717, 1.165) is 30.2 Å². The van der Waals surface area contributed by atoms with Gasteiger partial charge in [0.1, 0.15) is 0 Å². The van der Waals surface area contributed by atoms with Crippen LogP contribution in [0.2, 0.25) is 0 Å². The minimum Gasteiger partial charge on any atom is -0.207 e. The van der Waals surface area contributed by atoms with Crippen LogP contribution in [-0.4, -0.2) is 19.3 Å². The predicted molar refractivity (Wildman–Crippen MR) is 84.1 cm³/mol. The van der Waals surface area contributed by atoms with Crippen molar-refractivity contribution in [3.63, 3.8) is 0 Å². The standard InChI is InChI=1S/C13H17Br2NO2S/c14-10-6-8-11(9-7-10)19(17,18)16-13-5-3-1-2-4-12(13)15/h6-9,12-13,16H,1-5H2. The number of sulfonamides is 1. The molecular weight excluding hydrogens is 394 g/mol. The molecule has 1 N–H and O–H groups in total. The van der Waals surface area contributed by atoms with Gasteiger partial charge in [0.25, 0.3) is 0 Å². The Labute approximate surface area is 131 Å². The summed E-state index contributed by atoms with van der Waals surface area (Å²) in [6.45, 7) is 0. The highest BCUT2D eigenvalue weighted by molar-refractivity contribution is 9.10. The second-order valence-corrected chi connectivity index (χ2v) is 8.64. The average Bonchev–Trinajstić information content (AvgIpc) is 2.55. The molecule has 1 fully saturated rings. The first kappa shape index (κ1) is 15.5. The van der Waals surface area contributed by atoms with E-state index in [9.17, 15) is 8.42 Å². The number of hydrogen-bond donors (Lipinski definition) is 1. The maximum Gasteiger partial charge on any atom is 0.240 e. The van der Waals surface area contributed by atoms with Gasteiger partial charge in [-0.25, -0.2) is 13.1 Å². The molecule has 2 atom stereocenters. The molecule has 0 bridgehead atoms. The second-order valence-electron chi connectivity index (χ2n) is 4.84. The Bertz CT molecular complexity index is 516. The molecule has 19 heavy (non-hydrogen) atoms. The normalized spacial score (nSPS) is 24.9. The average molecular weight is 411 g/mol. The van der Waals surface area contributed by atoms with Crippen LogP contribution in [0.5, 0.6) is 0 Å². The molecule has 3 nitrogen and oxygen atoms in total. The minimum atomic E-state index is -3.43. The smallest absolute Gasteiger partial charge is 0.207 e. The molecule has 6 heteroatoms. The second kappa shape index (κ2) is 6.70. The summed E-state index contributed by atoms with van der Waals surface area (Å²) in [7, 11) is -3.43. The fourth-order valence-electron chi connectivity index (χ4n) is 2.28. The van der Waals surface area contributed by atoms with Gasteiger partial charge in [-0.3, -0.25) is 0 Å². The van der Waals surface area contributed by atoms with Crippen LogP contribution >= 0.6 is 31.9 Å². The summed E-state index contributed by atoms with van der Waals surface area (Å²) in [4.78, 5) is 0.542. The third kappa shape index (κ3) is 4.28. The summed E-state index contributed by atoms with van der Waals surface area (Å²) in [6.07, 6.45) is 5.33. The van der Waals surface area contributed by atoms with E-state index in [-0.39, 0.29) is 10.9 Å². The summed E-state index contributed by atoms with van der Waals surface area (Å²) in [5, 5.41) is 0. The van der Waals surface area contributed by atoms with Gasteiger partial charge in [-0.15, -0.1) is 0 Å². The van der Waals surface area contributed by atoms with E-state index in [4.69, 9.17) is 0 Å². The van der Waals surface area contributed by atoms with E-state index in [1.807, 2.05) is 0 Å². The van der Waals surface area contributed by atoms with Gasteiger partial charge in [-0.1, -0.05) is 51.1 Å². The van der Waals surface area contributed by atoms with Crippen LogP contribution in [0.4, 0.5) is 0 Å². The molecule has 0 radical (unpaired) electrons. The first-order chi connectivity index (χ1) is 8.99. The van der Waals surface area contributed by atoms with Crippen LogP contribution in [0.1, 0.15) is 32.1 Å². The third-order valence-corrected chi connectivity index (χ3v) is 6.49. The third-order valence-electron chi connectivity index (χ3n) is 3.36. The van der Waals surface area contributed by atoms with Crippen molar-refractivity contribution in [2.75, 3.05) is 0 Å². The summed E-state index contributed by atoms with van der Waals surface area (Å²) in [5.74, 6) is 0. The SMILES string of the molecule is O=S(=O)(NC1CCCCCC1Br)c1ccc(Br)cc1. The van der Waals surface area contributed by atoms with Crippen molar-refractivity contribution in [3.05, 3.63) is 28.7 Å². The number of alkyl halides is 1. The van der Waals surface area contributed by atoms with Gasteiger partial charge in [0.2, 0.25) is 10.0 Å². The fourth-order valence-corrected chi connectivity index (χ4v) is 4.75. The molecule has 1 aliphatic carbocycles. The van der Waals surface area contributed by atoms with E-state index in [2.05, 4.69) is 36.6 Å². The summed E-state index contributed by atoms with van der Waals surface area (Å²) < 4.78 is 28.3. The van der Waals surface area contributed by atoms with Gasteiger partial charge in [-0.2, -0.15) is 0 Å². The van der Waals surface area contributed by atoms with Crippen LogP contribution in [0.3, 0.4) is 0 Å². The molecule has 0 heterocycles. The highest BCUT2D eigenvalue weighted by atomic mass is 79.9. The van der Waals surface area contributed by atoms with Crippen molar-refractivity contribution >= 4 is 41.9 Å². The molecular formula is C13H17Br2NO2S. The monoisotopic (exact) mass is 409 g/mol. The number of benzene rings is 1. The highest BCUT2D eigenvalue weighted by Crippen LogP contribution is 2.25. The lowest BCUT2D eigenvalue weighted by Crippen LogP contribution is -2.40. The van der Waals surface area contributed by atoms with Crippen LogP contribution in [0.15, 0.2) is 33.6 Å². The first-order valence-corrected chi connectivity index (χ1v) is 9.60. The van der Waals surface area contributed by atoms with Gasteiger partial charge in [-0.05, 0) is 37.1 Å². The molecule has 0 amide bonds. The Morgan fingerprint density at radius 2 is 1.68 bits per heavy atom. The van der Waals surface area contributed by atoms with Crippen molar-refractivity contribution in [2.45, 2.75) is 47.9 Å². The Kier molecular flexibility index (Phi) is 5.45. The van der Waals surface area contributed by atoms with Crippen molar-refractivity contribution < 1.29 is 8.42 Å². The van der Waals surface area contributed by atoms with Crippen LogP contribution in [-0.2, 0) is 10.0 Å². The molecule has 0 aliphatic heterocycles. The van der Waals surface area contributed by atoms with Crippen molar-refractivity contribution in [1.82, 2.24) is 4.72 Å². The number of nitrogens with one attached hydrogen (secondary N) is 1. The van der Waals surface area contributed by atoms with E-state index < -0.39 is 10.0 Å². The minimum absolute atomic E-state index is 0.0175. The molecule has 0 spiro atoms. The van der Waals surface area contributed by atoms with Crippen molar-refractivity contribution in [1.29, 1.82) is 0 Å². The molecule has 0 saturated heterocycles. The molecule has 1 aliphatic rings. The van der Waals surface area contributed by atoms with E-state index in [0.29, 0.717) is 4.90 Å². The summed E-state index contributed by atoms with van der Waals surface area (Å²) in [6, 6.07) is 6.70. The zero-order valence-corrected chi connectivity index (χ0v) is 14.5. The molecule has 1 aromatic carbocycles. The number of rotatable bonds is 3. The lowest BCUT2D eigenvalue weighted by Gasteiger charge is -2.21. The topological polar surface area (TPSA) is 46.2 Å². The Hall–Kier alpha value is 0.0900. The molecule has 2 unspecified atom stereocenters. The Morgan fingerprint density at radius 1 is 1.05 bits per heavy atom. The Balaban J connectivity index is 2.13. The number of hydrogen-bond acceptors (Lipinski definition) is 2. The maximum atomic E-state index is 12.3. The van der Waals surface area contributed by atoms with E-state index in [1.54, 1.807) is 24.3 Å². The van der Waals surface area contributed by atoms with Gasteiger partial charge in [0, 0.05) is 15.3 Å². The predicted octanol–water partition coefficient (Wildman–Crippen LogP) is 3.82. The number of halogens is 2. The molecule has 106 valence electrons. The largest absolute Gasteiger partial charge is 0.240 e. The lowest BCUT2D eigenvalue weighted by molar-refractivity contribution is 0.521. The van der Waals surface area contributed by atoms with Crippen LogP contribution < -0.4 is 4.72 Å². The van der Waals surface area contributed by atoms with Gasteiger partial charge < -0.3 is 0 Å². The van der Waals surface area contributed by atoms with Crippen LogP contribution in [0.25, 0.3) is 0 Å². The first-order valence-electron chi connectivity index (χ1n) is 6.41. The summed E-state index contributed by atoms with van der Waals surface area (Å²) >= 11 is 6.91. The lowest BCUT2D eigenvalue weighted by atomic mass is 10.1. The Morgan fingerprint density at radius 3 is 2.37 bits per heavy atom. The molecule has 1 aromatic rings. The molecule has 0 aromatic heterocycles. The van der Waals surface area contributed by atoms with Crippen LogP contribution in [0, 0.1) is 0 Å². The fraction of sp³-hybridized carbons (Fsp3) is 0.538. The maximum absolute atomic E-state index is 12.3. The van der Waals surface area contributed by atoms with Gasteiger partial charge in [0.05, 0.1) is 4.90 Å². The molecule has 2 rings (SSSR count). The van der Waals surface area contributed by atoms with Crippen molar-refractivity contribution in [3.8, 4) is 0 Å². The van der Waals surface area contributed by atoms with Gasteiger partial charge >= 0.3 is 0 Å². The zero-order valence-electron chi connectivity index (χ0n) is 10.5. The van der Waals surface area contributed by atoms with Crippen molar-refractivity contribution in [2.24, 2.45) is 0 Å².